The van der Waals surface area contributed by atoms with E-state index in [0.29, 0.717) is 11.7 Å². The van der Waals surface area contributed by atoms with Gasteiger partial charge in [-0.15, -0.1) is 11.8 Å². The summed E-state index contributed by atoms with van der Waals surface area (Å²) in [5, 5.41) is 13.3. The third-order valence-corrected chi connectivity index (χ3v) is 5.38. The standard InChI is InChI=1S/C17H25NO2S/c1-3-10-18-17(16(19)20)9-5-8-15(12-17)21-14-7-4-6-13(2)11-14/h4,6-7,11,15,18H,3,5,8-10,12H2,1-2H3,(H,19,20). The highest BCUT2D eigenvalue weighted by molar-refractivity contribution is 8.00. The lowest BCUT2D eigenvalue weighted by molar-refractivity contribution is -0.146. The molecule has 1 aromatic rings. The molecule has 1 fully saturated rings. The Morgan fingerprint density at radius 2 is 2.33 bits per heavy atom. The Morgan fingerprint density at radius 3 is 3.00 bits per heavy atom. The highest BCUT2D eigenvalue weighted by atomic mass is 32.2. The van der Waals surface area contributed by atoms with Crippen molar-refractivity contribution in [3.63, 3.8) is 0 Å². The number of aryl methyl sites for hydroxylation is 1. The molecule has 4 heteroatoms. The van der Waals surface area contributed by atoms with Crippen molar-refractivity contribution in [1.29, 1.82) is 0 Å². The molecule has 0 aliphatic heterocycles. The Kier molecular flexibility index (Phi) is 5.71. The van der Waals surface area contributed by atoms with E-state index >= 15 is 0 Å². The Labute approximate surface area is 131 Å². The van der Waals surface area contributed by atoms with E-state index in [1.807, 2.05) is 11.8 Å². The quantitative estimate of drug-likeness (QED) is 0.838. The van der Waals surface area contributed by atoms with Crippen LogP contribution in [0.4, 0.5) is 0 Å². The van der Waals surface area contributed by atoms with Crippen molar-refractivity contribution in [2.24, 2.45) is 0 Å². The van der Waals surface area contributed by atoms with E-state index in [2.05, 4.69) is 43.4 Å². The van der Waals surface area contributed by atoms with Crippen LogP contribution in [0, 0.1) is 6.92 Å². The summed E-state index contributed by atoms with van der Waals surface area (Å²) in [5.74, 6) is -0.689. The minimum Gasteiger partial charge on any atom is -0.480 e. The first-order chi connectivity index (χ1) is 10.1. The summed E-state index contributed by atoms with van der Waals surface area (Å²) in [4.78, 5) is 13.0. The van der Waals surface area contributed by atoms with Crippen LogP contribution in [-0.2, 0) is 4.79 Å². The Balaban J connectivity index is 2.06. The van der Waals surface area contributed by atoms with E-state index in [1.165, 1.54) is 10.5 Å². The van der Waals surface area contributed by atoms with Gasteiger partial charge in [-0.05, 0) is 57.7 Å². The smallest absolute Gasteiger partial charge is 0.323 e. The van der Waals surface area contributed by atoms with E-state index < -0.39 is 11.5 Å². The van der Waals surface area contributed by atoms with Crippen LogP contribution in [0.2, 0.25) is 0 Å². The Morgan fingerprint density at radius 1 is 1.52 bits per heavy atom. The molecule has 2 unspecified atom stereocenters. The molecule has 1 aliphatic rings. The molecule has 0 spiro atoms. The lowest BCUT2D eigenvalue weighted by atomic mass is 9.81. The number of carbonyl (C=O) groups is 1. The molecule has 2 N–H and O–H groups in total. The lowest BCUT2D eigenvalue weighted by Crippen LogP contribution is -2.55. The van der Waals surface area contributed by atoms with Crippen molar-refractivity contribution in [3.05, 3.63) is 29.8 Å². The summed E-state index contributed by atoms with van der Waals surface area (Å²) < 4.78 is 0. The van der Waals surface area contributed by atoms with Crippen molar-refractivity contribution in [2.75, 3.05) is 6.54 Å². The van der Waals surface area contributed by atoms with Gasteiger partial charge >= 0.3 is 5.97 Å². The maximum Gasteiger partial charge on any atom is 0.323 e. The molecule has 21 heavy (non-hydrogen) atoms. The van der Waals surface area contributed by atoms with Gasteiger partial charge in [-0.2, -0.15) is 0 Å². The van der Waals surface area contributed by atoms with Gasteiger partial charge in [0.25, 0.3) is 0 Å². The van der Waals surface area contributed by atoms with E-state index in [1.54, 1.807) is 0 Å². The van der Waals surface area contributed by atoms with Crippen LogP contribution < -0.4 is 5.32 Å². The lowest BCUT2D eigenvalue weighted by Gasteiger charge is -2.38. The van der Waals surface area contributed by atoms with Gasteiger partial charge in [0, 0.05) is 10.1 Å². The largest absolute Gasteiger partial charge is 0.480 e. The number of rotatable bonds is 6. The van der Waals surface area contributed by atoms with E-state index in [4.69, 9.17) is 0 Å². The molecule has 2 atom stereocenters. The number of hydrogen-bond donors (Lipinski definition) is 2. The number of aliphatic carboxylic acids is 1. The first-order valence-electron chi connectivity index (χ1n) is 7.77. The van der Waals surface area contributed by atoms with E-state index in [9.17, 15) is 9.90 Å². The van der Waals surface area contributed by atoms with Crippen LogP contribution in [0.25, 0.3) is 0 Å². The third-order valence-electron chi connectivity index (χ3n) is 4.12. The monoisotopic (exact) mass is 307 g/mol. The number of carboxylic acids is 1. The number of hydrogen-bond acceptors (Lipinski definition) is 3. The van der Waals surface area contributed by atoms with Crippen molar-refractivity contribution < 1.29 is 9.90 Å². The second-order valence-corrected chi connectivity index (χ2v) is 7.34. The Hall–Kier alpha value is -1.00. The van der Waals surface area contributed by atoms with Gasteiger partial charge in [0.05, 0.1) is 0 Å². The van der Waals surface area contributed by atoms with Crippen LogP contribution in [0.1, 0.15) is 44.6 Å². The number of benzene rings is 1. The van der Waals surface area contributed by atoms with Crippen molar-refractivity contribution in [3.8, 4) is 0 Å². The van der Waals surface area contributed by atoms with Gasteiger partial charge in [-0.25, -0.2) is 0 Å². The summed E-state index contributed by atoms with van der Waals surface area (Å²) in [6.07, 6.45) is 4.49. The molecular formula is C17H25NO2S. The maximum atomic E-state index is 11.8. The molecule has 1 saturated carbocycles. The zero-order valence-corrected chi connectivity index (χ0v) is 13.7. The summed E-state index contributed by atoms with van der Waals surface area (Å²) >= 11 is 1.83. The normalized spacial score (nSPS) is 25.7. The molecular weight excluding hydrogens is 282 g/mol. The summed E-state index contributed by atoms with van der Waals surface area (Å²) in [7, 11) is 0. The zero-order valence-electron chi connectivity index (χ0n) is 12.9. The first-order valence-corrected chi connectivity index (χ1v) is 8.65. The second-order valence-electron chi connectivity index (χ2n) is 5.97. The second kappa shape index (κ2) is 7.32. The average Bonchev–Trinajstić information content (AvgIpc) is 2.45. The summed E-state index contributed by atoms with van der Waals surface area (Å²) in [6.45, 7) is 4.94. The topological polar surface area (TPSA) is 49.3 Å². The van der Waals surface area contributed by atoms with Gasteiger partial charge in [-0.3, -0.25) is 4.79 Å². The minimum absolute atomic E-state index is 0.376. The predicted molar refractivity (Wildman–Crippen MR) is 88.0 cm³/mol. The molecule has 1 aromatic carbocycles. The summed E-state index contributed by atoms with van der Waals surface area (Å²) in [5.41, 5.74) is 0.528. The van der Waals surface area contributed by atoms with Crippen molar-refractivity contribution in [1.82, 2.24) is 5.32 Å². The molecule has 1 aliphatic carbocycles. The molecule has 0 amide bonds. The highest BCUT2D eigenvalue weighted by Crippen LogP contribution is 2.38. The van der Waals surface area contributed by atoms with E-state index in [0.717, 1.165) is 32.2 Å². The third kappa shape index (κ3) is 4.24. The maximum absolute atomic E-state index is 11.8. The van der Waals surface area contributed by atoms with Gasteiger partial charge < -0.3 is 10.4 Å². The summed E-state index contributed by atoms with van der Waals surface area (Å²) in [6, 6.07) is 8.46. The molecule has 0 saturated heterocycles. The van der Waals surface area contributed by atoms with Crippen LogP contribution in [0.3, 0.4) is 0 Å². The predicted octanol–water partition coefficient (Wildman–Crippen LogP) is 3.85. The number of thioether (sulfide) groups is 1. The fourth-order valence-electron chi connectivity index (χ4n) is 3.00. The van der Waals surface area contributed by atoms with Crippen LogP contribution in [0.15, 0.2) is 29.2 Å². The van der Waals surface area contributed by atoms with Gasteiger partial charge in [0.1, 0.15) is 5.54 Å². The molecule has 0 heterocycles. The fraction of sp³-hybridized carbons (Fsp3) is 0.588. The molecule has 116 valence electrons. The number of carboxylic acid groups (broad SMARTS) is 1. The Bertz CT molecular complexity index is 491. The van der Waals surface area contributed by atoms with Gasteiger partial charge in [-0.1, -0.05) is 24.6 Å². The minimum atomic E-state index is -0.726. The average molecular weight is 307 g/mol. The molecule has 3 nitrogen and oxygen atoms in total. The van der Waals surface area contributed by atoms with Crippen LogP contribution >= 0.6 is 11.8 Å². The first kappa shape index (κ1) is 16.4. The molecule has 0 bridgehead atoms. The number of nitrogens with one attached hydrogen (secondary N) is 1. The van der Waals surface area contributed by atoms with Crippen molar-refractivity contribution >= 4 is 17.7 Å². The zero-order chi connectivity index (χ0) is 15.3. The highest BCUT2D eigenvalue weighted by Gasteiger charge is 2.42. The SMILES string of the molecule is CCCNC1(C(=O)O)CCCC(Sc2cccc(C)c2)C1. The molecule has 0 radical (unpaired) electrons. The van der Waals surface area contributed by atoms with Crippen LogP contribution in [0.5, 0.6) is 0 Å². The van der Waals surface area contributed by atoms with Crippen LogP contribution in [-0.4, -0.2) is 28.4 Å². The van der Waals surface area contributed by atoms with E-state index in [-0.39, 0.29) is 0 Å². The fourth-order valence-corrected chi connectivity index (χ4v) is 4.45. The van der Waals surface area contributed by atoms with Gasteiger partial charge in [0.15, 0.2) is 0 Å². The molecule has 2 rings (SSSR count). The van der Waals surface area contributed by atoms with Gasteiger partial charge in [0.2, 0.25) is 0 Å². The molecule has 0 aromatic heterocycles. The van der Waals surface area contributed by atoms with Crippen molar-refractivity contribution in [2.45, 2.75) is 61.6 Å².